The lowest BCUT2D eigenvalue weighted by Gasteiger charge is -2.04. The highest BCUT2D eigenvalue weighted by Crippen LogP contribution is 2.28. The zero-order valence-corrected chi connectivity index (χ0v) is 8.48. The van der Waals surface area contributed by atoms with Crippen LogP contribution in [0.3, 0.4) is 0 Å². The molecule has 0 saturated carbocycles. The Kier molecular flexibility index (Phi) is 2.82. The molecule has 17 heavy (non-hydrogen) atoms. The van der Waals surface area contributed by atoms with Crippen LogP contribution < -0.4 is 0 Å². The van der Waals surface area contributed by atoms with Gasteiger partial charge in [-0.05, 0) is 23.8 Å². The third-order valence-electron chi connectivity index (χ3n) is 2.23. The molecule has 1 radical (unpaired) electrons. The van der Waals surface area contributed by atoms with Gasteiger partial charge in [0.2, 0.25) is 0 Å². The summed E-state index contributed by atoms with van der Waals surface area (Å²) in [6.45, 7) is 0. The van der Waals surface area contributed by atoms with Crippen molar-refractivity contribution in [2.24, 2.45) is 0 Å². The summed E-state index contributed by atoms with van der Waals surface area (Å²) in [6.07, 6.45) is 0. The highest BCUT2D eigenvalue weighted by atomic mass is 19.1. The van der Waals surface area contributed by atoms with E-state index in [0.29, 0.717) is 0 Å². The highest BCUT2D eigenvalue weighted by Gasteiger charge is 2.14. The molecule has 0 amide bonds. The van der Waals surface area contributed by atoms with Gasteiger partial charge < -0.3 is 0 Å². The minimum atomic E-state index is -0.759. The van der Waals surface area contributed by atoms with E-state index in [4.69, 9.17) is 0 Å². The Morgan fingerprint density at radius 3 is 2.41 bits per heavy atom. The van der Waals surface area contributed by atoms with Crippen molar-refractivity contribution < 1.29 is 13.7 Å². The maximum Gasteiger partial charge on any atom is 0.278 e. The molecular weight excluding hydrogens is 228 g/mol. The van der Waals surface area contributed by atoms with Crippen molar-refractivity contribution in [3.05, 3.63) is 64.2 Å². The van der Waals surface area contributed by atoms with Crippen molar-refractivity contribution in [1.82, 2.24) is 0 Å². The molecule has 2 rings (SSSR count). The number of rotatable bonds is 2. The van der Waals surface area contributed by atoms with Gasteiger partial charge in [-0.3, -0.25) is 10.1 Å². The van der Waals surface area contributed by atoms with E-state index in [1.54, 1.807) is 0 Å². The largest absolute Gasteiger partial charge is 0.278 e. The molecule has 0 bridgehead atoms. The normalized spacial score (nSPS) is 10.2. The van der Waals surface area contributed by atoms with Crippen molar-refractivity contribution in [2.75, 3.05) is 0 Å². The van der Waals surface area contributed by atoms with Gasteiger partial charge in [-0.1, -0.05) is 12.1 Å². The number of halogens is 2. The first kappa shape index (κ1) is 11.2. The fourth-order valence-corrected chi connectivity index (χ4v) is 1.49. The van der Waals surface area contributed by atoms with E-state index >= 15 is 0 Å². The summed E-state index contributed by atoms with van der Waals surface area (Å²) in [5.41, 5.74) is -0.485. The minimum absolute atomic E-state index is 0.117. The van der Waals surface area contributed by atoms with Crippen molar-refractivity contribution in [2.45, 2.75) is 0 Å². The molecule has 0 saturated heterocycles. The van der Waals surface area contributed by atoms with Crippen LogP contribution in [-0.2, 0) is 0 Å². The zero-order chi connectivity index (χ0) is 12.4. The number of hydrogen-bond donors (Lipinski definition) is 0. The highest BCUT2D eigenvalue weighted by molar-refractivity contribution is 5.67. The maximum atomic E-state index is 13.4. The van der Waals surface area contributed by atoms with E-state index < -0.39 is 16.6 Å². The Balaban J connectivity index is 2.61. The number of nitro benzene ring substituents is 1. The zero-order valence-electron chi connectivity index (χ0n) is 8.48. The molecular formula is C12H6F2NO2. The standard InChI is InChI=1S/C12H6F2NO2/c13-10-5-2-6-11(14)12(10)8-3-1-4-9(7-8)15(16)17/h1-3,5-7H. The number of nitro groups is 1. The Morgan fingerprint density at radius 1 is 1.18 bits per heavy atom. The van der Waals surface area contributed by atoms with Gasteiger partial charge in [-0.25, -0.2) is 8.78 Å². The minimum Gasteiger partial charge on any atom is -0.258 e. The second-order valence-electron chi connectivity index (χ2n) is 3.32. The van der Waals surface area contributed by atoms with Crippen LogP contribution in [0.15, 0.2) is 36.4 Å². The average molecular weight is 234 g/mol. The number of hydrogen-bond acceptors (Lipinski definition) is 2. The average Bonchev–Trinajstić information content (AvgIpc) is 2.29. The van der Waals surface area contributed by atoms with Gasteiger partial charge >= 0.3 is 0 Å². The molecule has 0 aliphatic rings. The Morgan fingerprint density at radius 2 is 1.82 bits per heavy atom. The van der Waals surface area contributed by atoms with Gasteiger partial charge in [0.15, 0.2) is 0 Å². The second kappa shape index (κ2) is 4.29. The van der Waals surface area contributed by atoms with Crippen LogP contribution in [0.2, 0.25) is 0 Å². The van der Waals surface area contributed by atoms with Crippen molar-refractivity contribution >= 4 is 5.69 Å². The maximum absolute atomic E-state index is 13.4. The van der Waals surface area contributed by atoms with E-state index in [1.165, 1.54) is 18.2 Å². The predicted molar refractivity (Wildman–Crippen MR) is 57.3 cm³/mol. The smallest absolute Gasteiger partial charge is 0.258 e. The van der Waals surface area contributed by atoms with Crippen molar-refractivity contribution in [3.8, 4) is 11.1 Å². The predicted octanol–water partition coefficient (Wildman–Crippen LogP) is 3.34. The molecule has 0 N–H and O–H groups in total. The molecule has 5 heteroatoms. The number of benzene rings is 2. The van der Waals surface area contributed by atoms with E-state index in [9.17, 15) is 18.9 Å². The fourth-order valence-electron chi connectivity index (χ4n) is 1.49. The quantitative estimate of drug-likeness (QED) is 0.590. The van der Waals surface area contributed by atoms with Crippen LogP contribution in [0.4, 0.5) is 14.5 Å². The Labute approximate surface area is 95.5 Å². The second-order valence-corrected chi connectivity index (χ2v) is 3.32. The van der Waals surface area contributed by atoms with Crippen molar-refractivity contribution in [3.63, 3.8) is 0 Å². The van der Waals surface area contributed by atoms with E-state index in [2.05, 4.69) is 6.07 Å². The Bertz CT molecular complexity index is 564. The summed E-state index contributed by atoms with van der Waals surface area (Å²) in [4.78, 5) is 9.88. The third-order valence-corrected chi connectivity index (χ3v) is 2.23. The first-order valence-corrected chi connectivity index (χ1v) is 4.70. The van der Waals surface area contributed by atoms with E-state index in [1.807, 2.05) is 0 Å². The molecule has 0 heterocycles. The van der Waals surface area contributed by atoms with Gasteiger partial charge in [0.25, 0.3) is 5.69 Å². The topological polar surface area (TPSA) is 43.1 Å². The molecule has 85 valence electrons. The summed E-state index contributed by atoms with van der Waals surface area (Å²) in [5, 5.41) is 10.5. The van der Waals surface area contributed by atoms with Gasteiger partial charge in [-0.2, -0.15) is 0 Å². The van der Waals surface area contributed by atoms with Gasteiger partial charge in [-0.15, -0.1) is 0 Å². The van der Waals surface area contributed by atoms with Crippen molar-refractivity contribution in [1.29, 1.82) is 0 Å². The molecule has 2 aromatic rings. The lowest BCUT2D eigenvalue weighted by atomic mass is 10.0. The van der Waals surface area contributed by atoms with Crippen LogP contribution in [0.25, 0.3) is 11.1 Å². The molecule has 0 aliphatic heterocycles. The molecule has 0 aliphatic carbocycles. The van der Waals surface area contributed by atoms with Crippen LogP contribution in [0.5, 0.6) is 0 Å². The lowest BCUT2D eigenvalue weighted by Crippen LogP contribution is -1.92. The lowest BCUT2D eigenvalue weighted by molar-refractivity contribution is -0.385. The summed E-state index contributed by atoms with van der Waals surface area (Å²) in [6, 6.07) is 9.52. The SMILES string of the molecule is O=[N+]([O-])c1[c]ccc(-c2c(F)cccc2F)c1. The molecule has 3 nitrogen and oxygen atoms in total. The third kappa shape index (κ3) is 2.13. The van der Waals surface area contributed by atoms with Crippen LogP contribution in [0.1, 0.15) is 0 Å². The van der Waals surface area contributed by atoms with E-state index in [0.717, 1.165) is 18.2 Å². The first-order valence-electron chi connectivity index (χ1n) is 4.70. The summed E-state index contributed by atoms with van der Waals surface area (Å²) in [7, 11) is 0. The van der Waals surface area contributed by atoms with Crippen LogP contribution in [-0.4, -0.2) is 4.92 Å². The van der Waals surface area contributed by atoms with Gasteiger partial charge in [0.1, 0.15) is 11.6 Å². The van der Waals surface area contributed by atoms with Gasteiger partial charge in [0.05, 0.1) is 16.6 Å². The molecule has 2 aromatic carbocycles. The molecule has 0 aromatic heterocycles. The van der Waals surface area contributed by atoms with Crippen LogP contribution in [0, 0.1) is 27.8 Å². The molecule has 0 atom stereocenters. The summed E-state index contributed by atoms with van der Waals surface area (Å²) in [5.74, 6) is -1.52. The fraction of sp³-hybridized carbons (Fsp3) is 0. The molecule has 0 fully saturated rings. The molecule has 0 spiro atoms. The summed E-state index contributed by atoms with van der Waals surface area (Å²) >= 11 is 0. The summed E-state index contributed by atoms with van der Waals surface area (Å²) < 4.78 is 26.9. The van der Waals surface area contributed by atoms with Crippen LogP contribution >= 0.6 is 0 Å². The Hall–Kier alpha value is -2.30. The first-order chi connectivity index (χ1) is 8.09. The monoisotopic (exact) mass is 234 g/mol. The number of non-ortho nitro benzene ring substituents is 1. The van der Waals surface area contributed by atoms with Gasteiger partial charge in [0, 0.05) is 6.07 Å². The number of nitrogens with zero attached hydrogens (tertiary/aromatic N) is 1. The molecule has 0 unspecified atom stereocenters. The van der Waals surface area contributed by atoms with E-state index in [-0.39, 0.29) is 16.8 Å².